The molecule has 2 amide bonds. The Hall–Kier alpha value is -6.93. The minimum absolute atomic E-state index is 0.0423. The van der Waals surface area contributed by atoms with Crippen LogP contribution < -0.4 is 15.4 Å². The second-order valence-electron chi connectivity index (χ2n) is 14.8. The number of carbonyl (C=O) groups is 2. The topological polar surface area (TPSA) is 207 Å². The van der Waals surface area contributed by atoms with Crippen molar-refractivity contribution in [1.82, 2.24) is 30.4 Å². The van der Waals surface area contributed by atoms with E-state index in [-0.39, 0.29) is 42.8 Å². The molecule has 0 saturated heterocycles. The largest absolute Gasteiger partial charge is 0.395 e. The van der Waals surface area contributed by atoms with Gasteiger partial charge in [0.05, 0.1) is 40.4 Å². The number of rotatable bonds is 12. The van der Waals surface area contributed by atoms with Crippen LogP contribution in [0.15, 0.2) is 101 Å². The van der Waals surface area contributed by atoms with Gasteiger partial charge in [0.15, 0.2) is 5.82 Å². The second kappa shape index (κ2) is 16.6. The molecule has 16 heteroatoms. The van der Waals surface area contributed by atoms with Crippen molar-refractivity contribution in [3.05, 3.63) is 147 Å². The van der Waals surface area contributed by atoms with Crippen LogP contribution in [-0.2, 0) is 21.4 Å². The van der Waals surface area contributed by atoms with Gasteiger partial charge in [-0.3, -0.25) is 23.9 Å². The van der Waals surface area contributed by atoms with Crippen LogP contribution in [0.5, 0.6) is 0 Å². The number of thiophene rings is 1. The van der Waals surface area contributed by atoms with Crippen molar-refractivity contribution in [2.24, 2.45) is 4.99 Å². The first-order chi connectivity index (χ1) is 29.4. The molecule has 8 rings (SSSR count). The van der Waals surface area contributed by atoms with E-state index in [0.717, 1.165) is 54.5 Å². The number of aromatic amines is 1. The number of benzene rings is 4. The number of anilines is 1. The van der Waals surface area contributed by atoms with Crippen molar-refractivity contribution in [3.63, 3.8) is 0 Å². The number of sulfonamides is 1. The van der Waals surface area contributed by atoms with E-state index in [1.54, 1.807) is 53.9 Å². The van der Waals surface area contributed by atoms with Crippen LogP contribution in [0.1, 0.15) is 72.7 Å². The Balaban J connectivity index is 0.946. The Kier molecular flexibility index (Phi) is 11.1. The van der Waals surface area contributed by atoms with Gasteiger partial charge in [-0.1, -0.05) is 54.6 Å². The monoisotopic (exact) mass is 851 g/mol. The van der Waals surface area contributed by atoms with Crippen molar-refractivity contribution >= 4 is 55.5 Å². The van der Waals surface area contributed by atoms with Crippen molar-refractivity contribution < 1.29 is 23.1 Å². The highest BCUT2D eigenvalue weighted by molar-refractivity contribution is 7.92. The molecule has 0 radical (unpaired) electrons. The van der Waals surface area contributed by atoms with Gasteiger partial charge in [-0.15, -0.1) is 21.5 Å². The Bertz CT molecular complexity index is 3010. The third-order valence-corrected chi connectivity index (χ3v) is 13.4. The minimum atomic E-state index is -3.94. The lowest BCUT2D eigenvalue weighted by Gasteiger charge is -2.13. The molecule has 3 aromatic heterocycles. The molecule has 1 aliphatic rings. The van der Waals surface area contributed by atoms with Gasteiger partial charge in [-0.05, 0) is 85.8 Å². The van der Waals surface area contributed by atoms with Crippen molar-refractivity contribution in [2.45, 2.75) is 51.6 Å². The van der Waals surface area contributed by atoms with E-state index in [9.17, 15) is 28.4 Å². The molecule has 308 valence electrons. The molecule has 1 aliphatic heterocycles. The molecule has 0 unspecified atom stereocenters. The van der Waals surface area contributed by atoms with E-state index >= 15 is 0 Å². The van der Waals surface area contributed by atoms with Gasteiger partial charge >= 0.3 is 0 Å². The normalized spacial score (nSPS) is 13.4. The fourth-order valence-corrected chi connectivity index (χ4v) is 9.76. The summed E-state index contributed by atoms with van der Waals surface area (Å²) >= 11 is 1.64. The van der Waals surface area contributed by atoms with Crippen molar-refractivity contribution in [2.75, 3.05) is 17.9 Å². The van der Waals surface area contributed by atoms with Gasteiger partial charge in [-0.2, -0.15) is 5.26 Å². The van der Waals surface area contributed by atoms with Gasteiger partial charge < -0.3 is 20.7 Å². The quantitative estimate of drug-likeness (QED) is 0.0892. The molecule has 0 bridgehead atoms. The Morgan fingerprint density at radius 3 is 2.28 bits per heavy atom. The summed E-state index contributed by atoms with van der Waals surface area (Å²) in [5, 5.41) is 34.8. The fourth-order valence-electron chi connectivity index (χ4n) is 7.47. The number of aryl methyl sites for hydroxylation is 3. The lowest BCUT2D eigenvalue weighted by Crippen LogP contribution is -2.28. The van der Waals surface area contributed by atoms with Gasteiger partial charge in [0.1, 0.15) is 22.9 Å². The molecule has 4 aromatic carbocycles. The summed E-state index contributed by atoms with van der Waals surface area (Å²) in [4.78, 5) is 35.4. The van der Waals surface area contributed by atoms with Crippen molar-refractivity contribution in [3.8, 4) is 22.2 Å². The second-order valence-corrected chi connectivity index (χ2v) is 17.6. The van der Waals surface area contributed by atoms with E-state index in [4.69, 9.17) is 4.99 Å². The van der Waals surface area contributed by atoms with Gasteiger partial charge in [-0.25, -0.2) is 8.42 Å². The molecule has 7 aromatic rings. The molecule has 61 heavy (non-hydrogen) atoms. The number of aliphatic hydroxyl groups excluding tert-OH is 1. The minimum Gasteiger partial charge on any atom is -0.395 e. The molecule has 0 fully saturated rings. The molecule has 4 heterocycles. The first-order valence-corrected chi connectivity index (χ1v) is 21.8. The SMILES string of the molecule is Cc1sc2c(c1C)C(c1ccc(-c3ccc(C(=O)NCc4ccc(S(=O)(=O)Nc5ccc(C)c6c(C#N)c[nH]c56)cc4)cc3)cc1)=N[C@@H](CC(=O)NCCO)c1nnc(C)n1-2. The first kappa shape index (κ1) is 40.8. The third-order valence-electron chi connectivity index (χ3n) is 10.8. The highest BCUT2D eigenvalue weighted by Crippen LogP contribution is 2.40. The highest BCUT2D eigenvalue weighted by Gasteiger charge is 2.32. The summed E-state index contributed by atoms with van der Waals surface area (Å²) in [6.07, 6.45) is 1.60. The predicted octanol–water partition coefficient (Wildman–Crippen LogP) is 6.70. The van der Waals surface area contributed by atoms with Crippen LogP contribution in [0.4, 0.5) is 5.69 Å². The summed E-state index contributed by atoms with van der Waals surface area (Å²) < 4.78 is 31.2. The van der Waals surface area contributed by atoms with Gasteiger partial charge in [0.2, 0.25) is 5.91 Å². The summed E-state index contributed by atoms with van der Waals surface area (Å²) in [6, 6.07) is 26.5. The van der Waals surface area contributed by atoms with Crippen LogP contribution in [0.25, 0.3) is 27.0 Å². The number of nitriles is 1. The molecular formula is C45H41N9O5S2. The van der Waals surface area contributed by atoms with Crippen LogP contribution in [0.3, 0.4) is 0 Å². The van der Waals surface area contributed by atoms with E-state index < -0.39 is 16.1 Å². The number of H-pyrrole nitrogens is 1. The van der Waals surface area contributed by atoms with Crippen LogP contribution >= 0.6 is 11.3 Å². The summed E-state index contributed by atoms with van der Waals surface area (Å²) in [5.74, 6) is 0.765. The van der Waals surface area contributed by atoms with E-state index in [1.807, 2.05) is 54.8 Å². The number of aliphatic hydroxyl groups is 1. The van der Waals surface area contributed by atoms with Crippen LogP contribution in [-0.4, -0.2) is 64.0 Å². The van der Waals surface area contributed by atoms with Gasteiger partial charge in [0.25, 0.3) is 15.9 Å². The Morgan fingerprint density at radius 2 is 1.59 bits per heavy atom. The average molecular weight is 852 g/mol. The number of aromatic nitrogens is 4. The van der Waals surface area contributed by atoms with Gasteiger partial charge in [0, 0.05) is 46.2 Å². The zero-order chi connectivity index (χ0) is 43.0. The smallest absolute Gasteiger partial charge is 0.261 e. The molecule has 5 N–H and O–H groups in total. The van der Waals surface area contributed by atoms with E-state index in [0.29, 0.717) is 39.4 Å². The zero-order valence-corrected chi connectivity index (χ0v) is 35.3. The third kappa shape index (κ3) is 7.94. The standard InChI is InChI=1S/C45H41N9O5S2/c1-25-5-18-36(42-39(25)34(22-46)24-48-42)53-61(58,59)35-16-6-29(7-17-35)23-49-44(57)33-14-10-31(11-15-33)30-8-12-32(13-9-30)41-40-26(2)27(3)60-45(40)54-28(4)51-52-43(54)37(50-41)21-38(56)47-19-20-55/h5-18,24,37,48,53,55H,19-21,23H2,1-4H3,(H,47,56)(H,49,57)/t37-/m0/s1. The number of nitrogens with zero attached hydrogens (tertiary/aromatic N) is 5. The summed E-state index contributed by atoms with van der Waals surface area (Å²) in [6.45, 7) is 8.07. The molecule has 14 nitrogen and oxygen atoms in total. The maximum absolute atomic E-state index is 13.3. The Labute approximate surface area is 356 Å². The number of carbonyl (C=O) groups excluding carboxylic acids is 2. The predicted molar refractivity (Wildman–Crippen MR) is 235 cm³/mol. The average Bonchev–Trinajstić information content (AvgIpc) is 3.94. The highest BCUT2D eigenvalue weighted by atomic mass is 32.2. The zero-order valence-electron chi connectivity index (χ0n) is 33.7. The molecule has 0 aliphatic carbocycles. The van der Waals surface area contributed by atoms with Crippen LogP contribution in [0, 0.1) is 39.0 Å². The maximum Gasteiger partial charge on any atom is 0.261 e. The number of aliphatic imine (C=N–C) groups is 1. The molecule has 0 spiro atoms. The summed E-state index contributed by atoms with van der Waals surface area (Å²) in [5.41, 5.74) is 8.89. The molecule has 0 saturated carbocycles. The number of fused-ring (bicyclic) bond motifs is 4. The fraction of sp³-hybridized carbons (Fsp3) is 0.200. The Morgan fingerprint density at radius 1 is 0.902 bits per heavy atom. The first-order valence-electron chi connectivity index (χ1n) is 19.5. The number of hydrogen-bond donors (Lipinski definition) is 5. The number of hydrogen-bond acceptors (Lipinski definition) is 10. The van der Waals surface area contributed by atoms with E-state index in [1.165, 1.54) is 12.1 Å². The van der Waals surface area contributed by atoms with Crippen LogP contribution in [0.2, 0.25) is 0 Å². The number of amides is 2. The molecular weight excluding hydrogens is 811 g/mol. The lowest BCUT2D eigenvalue weighted by atomic mass is 9.96. The lowest BCUT2D eigenvalue weighted by molar-refractivity contribution is -0.121. The van der Waals surface area contributed by atoms with Crippen molar-refractivity contribution in [1.29, 1.82) is 5.26 Å². The maximum atomic E-state index is 13.3. The summed E-state index contributed by atoms with van der Waals surface area (Å²) in [7, 11) is -3.94. The molecule has 1 atom stereocenters. The van der Waals surface area contributed by atoms with E-state index in [2.05, 4.69) is 50.5 Å². The number of nitrogens with one attached hydrogen (secondary N) is 4.